The lowest BCUT2D eigenvalue weighted by atomic mass is 10.1. The molecule has 0 unspecified atom stereocenters. The van der Waals surface area contributed by atoms with Gasteiger partial charge in [0.05, 0.1) is 12.2 Å². The van der Waals surface area contributed by atoms with Crippen LogP contribution in [0.25, 0.3) is 0 Å². The van der Waals surface area contributed by atoms with E-state index in [4.69, 9.17) is 9.47 Å². The zero-order chi connectivity index (χ0) is 17.0. The van der Waals surface area contributed by atoms with Crippen LogP contribution in [0, 0.1) is 13.8 Å². The third-order valence-electron chi connectivity index (χ3n) is 3.91. The highest BCUT2D eigenvalue weighted by Crippen LogP contribution is 2.20. The summed E-state index contributed by atoms with van der Waals surface area (Å²) in [5, 5.41) is 0. The molecule has 1 aromatic rings. The minimum atomic E-state index is -0.645. The summed E-state index contributed by atoms with van der Waals surface area (Å²) in [6.07, 6.45) is 1.97. The van der Waals surface area contributed by atoms with E-state index in [1.165, 1.54) is 0 Å². The zero-order valence-corrected chi connectivity index (χ0v) is 13.7. The first-order chi connectivity index (χ1) is 11.0. The van der Waals surface area contributed by atoms with Crippen LogP contribution in [0.4, 0.5) is 0 Å². The Morgan fingerprint density at radius 3 is 2.35 bits per heavy atom. The predicted molar refractivity (Wildman–Crippen MR) is 82.3 cm³/mol. The van der Waals surface area contributed by atoms with Gasteiger partial charge in [-0.2, -0.15) is 0 Å². The molecule has 0 radical (unpaired) electrons. The number of amides is 1. The Hall–Kier alpha value is -2.31. The van der Waals surface area contributed by atoms with E-state index in [0.717, 1.165) is 12.8 Å². The van der Waals surface area contributed by atoms with Crippen LogP contribution in [0.1, 0.15) is 51.9 Å². The summed E-state index contributed by atoms with van der Waals surface area (Å²) in [5.41, 5.74) is 1.53. The van der Waals surface area contributed by atoms with Crippen molar-refractivity contribution in [3.05, 3.63) is 22.5 Å². The maximum atomic E-state index is 12.2. The Morgan fingerprint density at radius 1 is 1.09 bits per heavy atom. The van der Waals surface area contributed by atoms with Crippen LogP contribution in [0.15, 0.2) is 0 Å². The van der Waals surface area contributed by atoms with Crippen LogP contribution >= 0.6 is 0 Å². The fourth-order valence-electron chi connectivity index (χ4n) is 2.72. The second kappa shape index (κ2) is 7.30. The molecule has 0 saturated carbocycles. The van der Waals surface area contributed by atoms with Gasteiger partial charge in [-0.15, -0.1) is 0 Å². The minimum Gasteiger partial charge on any atom is -0.462 e. The first kappa shape index (κ1) is 17.1. The average Bonchev–Trinajstić information content (AvgIpc) is 3.13. The number of rotatable bonds is 5. The van der Waals surface area contributed by atoms with Crippen molar-refractivity contribution >= 4 is 17.8 Å². The number of aryl methyl sites for hydroxylation is 1. The lowest BCUT2D eigenvalue weighted by Gasteiger charge is -2.14. The molecular formula is C16H22N2O5. The molecule has 1 saturated heterocycles. The molecule has 7 nitrogen and oxygen atoms in total. The molecule has 7 heteroatoms. The number of carbonyl (C=O) groups excluding carboxylic acids is 3. The number of H-pyrrole nitrogens is 1. The van der Waals surface area contributed by atoms with Crippen molar-refractivity contribution in [1.82, 2.24) is 9.88 Å². The first-order valence-corrected chi connectivity index (χ1v) is 7.76. The van der Waals surface area contributed by atoms with Crippen LogP contribution in [-0.2, 0) is 14.3 Å². The Kier molecular flexibility index (Phi) is 5.41. The van der Waals surface area contributed by atoms with E-state index in [9.17, 15) is 14.4 Å². The van der Waals surface area contributed by atoms with Gasteiger partial charge >= 0.3 is 11.9 Å². The van der Waals surface area contributed by atoms with Crippen LogP contribution in [-0.4, -0.2) is 54.0 Å². The molecule has 1 fully saturated rings. The predicted octanol–water partition coefficient (Wildman–Crippen LogP) is 1.59. The van der Waals surface area contributed by atoms with Gasteiger partial charge in [-0.05, 0) is 39.2 Å². The number of esters is 2. The number of carbonyl (C=O) groups is 3. The standard InChI is InChI=1S/C16H22N2O5/c1-4-22-15(20)13-10(2)14(17-11(13)3)16(21)23-9-12(19)18-7-5-6-8-18/h17H,4-9H2,1-3H3. The molecule has 0 aliphatic carbocycles. The van der Waals surface area contributed by atoms with Gasteiger partial charge in [-0.1, -0.05) is 0 Å². The Morgan fingerprint density at radius 2 is 1.74 bits per heavy atom. The van der Waals surface area contributed by atoms with Gasteiger partial charge in [0, 0.05) is 18.8 Å². The highest BCUT2D eigenvalue weighted by atomic mass is 16.5. The lowest BCUT2D eigenvalue weighted by molar-refractivity contribution is -0.133. The molecule has 126 valence electrons. The summed E-state index contributed by atoms with van der Waals surface area (Å²) in [6, 6.07) is 0. The van der Waals surface area contributed by atoms with E-state index >= 15 is 0 Å². The maximum absolute atomic E-state index is 12.2. The van der Waals surface area contributed by atoms with Gasteiger partial charge in [0.1, 0.15) is 5.69 Å². The van der Waals surface area contributed by atoms with Crippen molar-refractivity contribution in [2.45, 2.75) is 33.6 Å². The molecule has 1 amide bonds. The number of aromatic amines is 1. The number of aromatic nitrogens is 1. The minimum absolute atomic E-state index is 0.180. The van der Waals surface area contributed by atoms with Gasteiger partial charge in [0.2, 0.25) is 0 Å². The van der Waals surface area contributed by atoms with Gasteiger partial charge in [-0.25, -0.2) is 9.59 Å². The van der Waals surface area contributed by atoms with Crippen LogP contribution < -0.4 is 0 Å². The number of nitrogens with one attached hydrogen (secondary N) is 1. The Bertz CT molecular complexity index is 614. The van der Waals surface area contributed by atoms with E-state index in [0.29, 0.717) is 29.9 Å². The van der Waals surface area contributed by atoms with Crippen molar-refractivity contribution in [1.29, 1.82) is 0 Å². The number of likely N-dealkylation sites (tertiary alicyclic amines) is 1. The molecule has 1 N–H and O–H groups in total. The summed E-state index contributed by atoms with van der Waals surface area (Å²) in [4.78, 5) is 40.5. The quantitative estimate of drug-likeness (QED) is 0.832. The molecule has 1 aliphatic heterocycles. The summed E-state index contributed by atoms with van der Waals surface area (Å²) in [6.45, 7) is 6.45. The zero-order valence-electron chi connectivity index (χ0n) is 13.7. The van der Waals surface area contributed by atoms with Crippen LogP contribution in [0.3, 0.4) is 0 Å². The highest BCUT2D eigenvalue weighted by Gasteiger charge is 2.25. The normalized spacial score (nSPS) is 14.0. The largest absolute Gasteiger partial charge is 0.462 e. The Labute approximate surface area is 134 Å². The second-order valence-corrected chi connectivity index (χ2v) is 5.51. The van der Waals surface area contributed by atoms with E-state index in [1.807, 2.05) is 0 Å². The van der Waals surface area contributed by atoms with E-state index < -0.39 is 11.9 Å². The number of hydrogen-bond donors (Lipinski definition) is 1. The summed E-state index contributed by atoms with van der Waals surface area (Å²) in [7, 11) is 0. The molecule has 1 aromatic heterocycles. The van der Waals surface area contributed by atoms with E-state index in [-0.39, 0.29) is 24.8 Å². The van der Waals surface area contributed by atoms with E-state index in [2.05, 4.69) is 4.98 Å². The number of hydrogen-bond acceptors (Lipinski definition) is 5. The summed E-state index contributed by atoms with van der Waals surface area (Å²) < 4.78 is 10.1. The number of nitrogens with zero attached hydrogens (tertiary/aromatic N) is 1. The molecule has 2 rings (SSSR count). The van der Waals surface area contributed by atoms with Crippen molar-refractivity contribution in [2.75, 3.05) is 26.3 Å². The van der Waals surface area contributed by atoms with Gasteiger partial charge in [0.15, 0.2) is 6.61 Å². The van der Waals surface area contributed by atoms with E-state index in [1.54, 1.807) is 25.7 Å². The molecule has 0 atom stereocenters. The molecule has 2 heterocycles. The van der Waals surface area contributed by atoms with Crippen LogP contribution in [0.2, 0.25) is 0 Å². The van der Waals surface area contributed by atoms with Gasteiger partial charge in [-0.3, -0.25) is 4.79 Å². The summed E-state index contributed by atoms with van der Waals surface area (Å²) >= 11 is 0. The van der Waals surface area contributed by atoms with Crippen molar-refractivity contribution in [3.63, 3.8) is 0 Å². The molecule has 0 spiro atoms. The molecule has 0 bridgehead atoms. The van der Waals surface area contributed by atoms with Crippen molar-refractivity contribution in [2.24, 2.45) is 0 Å². The molecular weight excluding hydrogens is 300 g/mol. The fraction of sp³-hybridized carbons (Fsp3) is 0.562. The van der Waals surface area contributed by atoms with Gasteiger partial charge in [0.25, 0.3) is 5.91 Å². The van der Waals surface area contributed by atoms with Crippen molar-refractivity contribution < 1.29 is 23.9 Å². The van der Waals surface area contributed by atoms with Crippen molar-refractivity contribution in [3.8, 4) is 0 Å². The monoisotopic (exact) mass is 322 g/mol. The highest BCUT2D eigenvalue weighted by molar-refractivity contribution is 5.99. The average molecular weight is 322 g/mol. The van der Waals surface area contributed by atoms with Gasteiger partial charge < -0.3 is 19.4 Å². The number of ether oxygens (including phenoxy) is 2. The summed E-state index contributed by atoms with van der Waals surface area (Å²) in [5.74, 6) is -1.32. The third kappa shape index (κ3) is 3.72. The topological polar surface area (TPSA) is 88.7 Å². The molecule has 0 aromatic carbocycles. The molecule has 23 heavy (non-hydrogen) atoms. The lowest BCUT2D eigenvalue weighted by Crippen LogP contribution is -2.32. The Balaban J connectivity index is 2.03. The van der Waals surface area contributed by atoms with Crippen LogP contribution in [0.5, 0.6) is 0 Å². The maximum Gasteiger partial charge on any atom is 0.355 e. The first-order valence-electron chi connectivity index (χ1n) is 7.76. The third-order valence-corrected chi connectivity index (χ3v) is 3.91. The fourth-order valence-corrected chi connectivity index (χ4v) is 2.72. The SMILES string of the molecule is CCOC(=O)c1c(C)[nH]c(C(=O)OCC(=O)N2CCCC2)c1C. The second-order valence-electron chi connectivity index (χ2n) is 5.51. The molecule has 1 aliphatic rings. The smallest absolute Gasteiger partial charge is 0.355 e.